The van der Waals surface area contributed by atoms with Crippen LogP contribution in [-0.4, -0.2) is 38.5 Å². The van der Waals surface area contributed by atoms with Crippen molar-refractivity contribution in [1.82, 2.24) is 10.3 Å². The first-order valence-electron chi connectivity index (χ1n) is 5.94. The molecule has 0 saturated heterocycles. The number of ether oxygens (including phenoxy) is 2. The van der Waals surface area contributed by atoms with Gasteiger partial charge in [0.15, 0.2) is 0 Å². The first kappa shape index (κ1) is 14.6. The van der Waals surface area contributed by atoms with E-state index in [0.717, 1.165) is 36.8 Å². The number of thiazole rings is 1. The SMILES string of the molecule is COCCOCCCNCc1sc(C)nc1C. The van der Waals surface area contributed by atoms with Crippen LogP contribution in [0.15, 0.2) is 0 Å². The smallest absolute Gasteiger partial charge is 0.0900 e. The van der Waals surface area contributed by atoms with E-state index in [1.54, 1.807) is 18.4 Å². The molecule has 0 aromatic carbocycles. The van der Waals surface area contributed by atoms with Gasteiger partial charge in [-0.3, -0.25) is 0 Å². The lowest BCUT2D eigenvalue weighted by molar-refractivity contribution is 0.0695. The normalized spacial score (nSPS) is 11.0. The zero-order valence-corrected chi connectivity index (χ0v) is 11.7. The number of methoxy groups -OCH3 is 1. The predicted octanol–water partition coefficient (Wildman–Crippen LogP) is 1.90. The monoisotopic (exact) mass is 258 g/mol. The molecule has 0 aliphatic carbocycles. The molecule has 0 amide bonds. The summed E-state index contributed by atoms with van der Waals surface area (Å²) in [5, 5.41) is 4.55. The molecular formula is C12H22N2O2S. The summed E-state index contributed by atoms with van der Waals surface area (Å²) < 4.78 is 10.3. The van der Waals surface area contributed by atoms with Gasteiger partial charge in [0.05, 0.1) is 23.9 Å². The van der Waals surface area contributed by atoms with Crippen LogP contribution in [0.2, 0.25) is 0 Å². The van der Waals surface area contributed by atoms with Crippen molar-refractivity contribution in [3.63, 3.8) is 0 Å². The van der Waals surface area contributed by atoms with E-state index in [0.29, 0.717) is 13.2 Å². The number of hydrogen-bond acceptors (Lipinski definition) is 5. The topological polar surface area (TPSA) is 43.4 Å². The molecule has 0 spiro atoms. The van der Waals surface area contributed by atoms with E-state index >= 15 is 0 Å². The molecule has 98 valence electrons. The molecule has 0 aliphatic heterocycles. The zero-order chi connectivity index (χ0) is 12.5. The van der Waals surface area contributed by atoms with Crippen molar-refractivity contribution >= 4 is 11.3 Å². The van der Waals surface area contributed by atoms with Gasteiger partial charge in [-0.1, -0.05) is 0 Å². The van der Waals surface area contributed by atoms with Crippen LogP contribution in [0.1, 0.15) is 22.0 Å². The summed E-state index contributed by atoms with van der Waals surface area (Å²) in [5.74, 6) is 0. The van der Waals surface area contributed by atoms with E-state index in [-0.39, 0.29) is 0 Å². The van der Waals surface area contributed by atoms with Crippen molar-refractivity contribution in [3.8, 4) is 0 Å². The summed E-state index contributed by atoms with van der Waals surface area (Å²) in [4.78, 5) is 5.74. The Balaban J connectivity index is 1.99. The highest BCUT2D eigenvalue weighted by molar-refractivity contribution is 7.11. The highest BCUT2D eigenvalue weighted by Crippen LogP contribution is 2.16. The molecule has 0 radical (unpaired) electrons. The van der Waals surface area contributed by atoms with Gasteiger partial charge in [-0.2, -0.15) is 0 Å². The average molecular weight is 258 g/mol. The molecule has 0 unspecified atom stereocenters. The van der Waals surface area contributed by atoms with Gasteiger partial charge >= 0.3 is 0 Å². The minimum Gasteiger partial charge on any atom is -0.382 e. The van der Waals surface area contributed by atoms with Gasteiger partial charge < -0.3 is 14.8 Å². The molecule has 0 atom stereocenters. The largest absolute Gasteiger partial charge is 0.382 e. The van der Waals surface area contributed by atoms with Crippen LogP contribution in [0.3, 0.4) is 0 Å². The van der Waals surface area contributed by atoms with Gasteiger partial charge in [-0.05, 0) is 26.8 Å². The Morgan fingerprint density at radius 3 is 2.71 bits per heavy atom. The molecule has 1 N–H and O–H groups in total. The van der Waals surface area contributed by atoms with Gasteiger partial charge in [0.1, 0.15) is 0 Å². The zero-order valence-electron chi connectivity index (χ0n) is 10.9. The van der Waals surface area contributed by atoms with Crippen LogP contribution >= 0.6 is 11.3 Å². The molecular weight excluding hydrogens is 236 g/mol. The molecule has 0 saturated carbocycles. The Morgan fingerprint density at radius 1 is 1.24 bits per heavy atom. The summed E-state index contributed by atoms with van der Waals surface area (Å²) in [7, 11) is 1.68. The number of nitrogens with zero attached hydrogens (tertiary/aromatic N) is 1. The minimum absolute atomic E-state index is 0.673. The van der Waals surface area contributed by atoms with Crippen molar-refractivity contribution in [2.75, 3.05) is 33.5 Å². The molecule has 0 aliphatic rings. The fourth-order valence-corrected chi connectivity index (χ4v) is 2.39. The maximum absolute atomic E-state index is 5.38. The van der Waals surface area contributed by atoms with Crippen LogP contribution < -0.4 is 5.32 Å². The van der Waals surface area contributed by atoms with Gasteiger partial charge in [0.25, 0.3) is 0 Å². The average Bonchev–Trinajstić information content (AvgIpc) is 2.61. The van der Waals surface area contributed by atoms with E-state index in [1.807, 2.05) is 6.92 Å². The number of aromatic nitrogens is 1. The Bertz CT molecular complexity index is 315. The molecule has 0 bridgehead atoms. The van der Waals surface area contributed by atoms with Gasteiger partial charge in [-0.25, -0.2) is 4.98 Å². The minimum atomic E-state index is 0.673. The van der Waals surface area contributed by atoms with Crippen LogP contribution in [0, 0.1) is 13.8 Å². The Hall–Kier alpha value is -0.490. The summed E-state index contributed by atoms with van der Waals surface area (Å²) >= 11 is 1.77. The van der Waals surface area contributed by atoms with Crippen molar-refractivity contribution in [2.45, 2.75) is 26.8 Å². The molecule has 17 heavy (non-hydrogen) atoms. The second kappa shape index (κ2) is 8.58. The molecule has 5 heteroatoms. The third kappa shape index (κ3) is 6.12. The summed E-state index contributed by atoms with van der Waals surface area (Å²) in [6.07, 6.45) is 1.03. The van der Waals surface area contributed by atoms with E-state index in [9.17, 15) is 0 Å². The predicted molar refractivity (Wildman–Crippen MR) is 70.6 cm³/mol. The van der Waals surface area contributed by atoms with Crippen LogP contribution in [0.25, 0.3) is 0 Å². The quantitative estimate of drug-likeness (QED) is 0.687. The van der Waals surface area contributed by atoms with Crippen LogP contribution in [0.5, 0.6) is 0 Å². The lowest BCUT2D eigenvalue weighted by Gasteiger charge is -2.05. The third-order valence-electron chi connectivity index (χ3n) is 2.36. The number of rotatable bonds is 9. The lowest BCUT2D eigenvalue weighted by atomic mass is 10.4. The Morgan fingerprint density at radius 2 is 2.06 bits per heavy atom. The number of nitrogens with one attached hydrogen (secondary N) is 1. The standard InChI is InChI=1S/C12H22N2O2S/c1-10-12(17-11(2)14-10)9-13-5-4-6-16-8-7-15-3/h13H,4-9H2,1-3H3. The lowest BCUT2D eigenvalue weighted by Crippen LogP contribution is -2.16. The van der Waals surface area contributed by atoms with Gasteiger partial charge in [0, 0.05) is 25.1 Å². The maximum Gasteiger partial charge on any atom is 0.0900 e. The molecule has 1 heterocycles. The summed E-state index contributed by atoms with van der Waals surface area (Å²) in [5.41, 5.74) is 1.15. The van der Waals surface area contributed by atoms with E-state index in [1.165, 1.54) is 4.88 Å². The van der Waals surface area contributed by atoms with Crippen molar-refractivity contribution in [3.05, 3.63) is 15.6 Å². The highest BCUT2D eigenvalue weighted by Gasteiger charge is 2.03. The van der Waals surface area contributed by atoms with E-state index in [4.69, 9.17) is 9.47 Å². The highest BCUT2D eigenvalue weighted by atomic mass is 32.1. The summed E-state index contributed by atoms with van der Waals surface area (Å²) in [6, 6.07) is 0. The van der Waals surface area contributed by atoms with Gasteiger partial charge in [-0.15, -0.1) is 11.3 Å². The maximum atomic E-state index is 5.38. The fourth-order valence-electron chi connectivity index (χ4n) is 1.48. The molecule has 1 rings (SSSR count). The van der Waals surface area contributed by atoms with Gasteiger partial charge in [0.2, 0.25) is 0 Å². The molecule has 0 fully saturated rings. The fraction of sp³-hybridized carbons (Fsp3) is 0.750. The second-order valence-electron chi connectivity index (χ2n) is 3.88. The second-order valence-corrected chi connectivity index (χ2v) is 5.16. The first-order chi connectivity index (χ1) is 8.24. The van der Waals surface area contributed by atoms with Crippen molar-refractivity contribution in [1.29, 1.82) is 0 Å². The summed E-state index contributed by atoms with van der Waals surface area (Å²) in [6.45, 7) is 8.14. The van der Waals surface area contributed by atoms with E-state index in [2.05, 4.69) is 17.2 Å². The third-order valence-corrected chi connectivity index (χ3v) is 3.43. The van der Waals surface area contributed by atoms with Crippen LogP contribution in [0.4, 0.5) is 0 Å². The number of hydrogen-bond donors (Lipinski definition) is 1. The first-order valence-corrected chi connectivity index (χ1v) is 6.76. The van der Waals surface area contributed by atoms with Crippen LogP contribution in [-0.2, 0) is 16.0 Å². The molecule has 4 nitrogen and oxygen atoms in total. The molecule has 1 aromatic rings. The Kier molecular flexibility index (Phi) is 7.35. The van der Waals surface area contributed by atoms with E-state index < -0.39 is 0 Å². The van der Waals surface area contributed by atoms with Crippen molar-refractivity contribution < 1.29 is 9.47 Å². The number of aryl methyl sites for hydroxylation is 2. The Labute approximate surface area is 107 Å². The van der Waals surface area contributed by atoms with Crippen molar-refractivity contribution in [2.24, 2.45) is 0 Å². The molecule has 1 aromatic heterocycles.